The lowest BCUT2D eigenvalue weighted by molar-refractivity contribution is 0.0377. The van der Waals surface area contributed by atoms with Crippen LogP contribution in [-0.4, -0.2) is 85.3 Å². The number of morpholine rings is 1. The van der Waals surface area contributed by atoms with Gasteiger partial charge in [-0.1, -0.05) is 3.71 Å². The highest BCUT2D eigenvalue weighted by Crippen LogP contribution is 2.33. The molecule has 0 aromatic heterocycles. The van der Waals surface area contributed by atoms with Crippen molar-refractivity contribution in [1.29, 1.82) is 0 Å². The Kier molecular flexibility index (Phi) is 6.62. The summed E-state index contributed by atoms with van der Waals surface area (Å²) in [4.78, 5) is 0.747. The molecule has 2 aromatic carbocycles. The number of aromatic hydroxyl groups is 4. The minimum absolute atomic E-state index is 0.0793. The normalized spacial score (nSPS) is 15.9. The number of phenols is 4. The molecule has 0 radical (unpaired) electrons. The Balaban J connectivity index is 2.04. The number of hydrogen-bond acceptors (Lipinski definition) is 10. The molecule has 0 amide bonds. The van der Waals surface area contributed by atoms with Crippen molar-refractivity contribution in [3.63, 3.8) is 0 Å². The Hall–Kier alpha value is -2.58. The molecule has 0 spiro atoms. The molecule has 31 heavy (non-hydrogen) atoms. The minimum atomic E-state index is -4.70. The van der Waals surface area contributed by atoms with E-state index in [0.29, 0.717) is 26.3 Å². The third-order valence-corrected chi connectivity index (χ3v) is 9.04. The Bertz CT molecular complexity index is 1080. The second kappa shape index (κ2) is 8.88. The molecule has 0 bridgehead atoms. The molecular weight excluding hydrogens is 452 g/mol. The summed E-state index contributed by atoms with van der Waals surface area (Å²) in [5.74, 6) is -2.59. The van der Waals surface area contributed by atoms with Crippen LogP contribution in [0.4, 0.5) is 0 Å². The molecule has 1 fully saturated rings. The largest absolute Gasteiger partial charge is 0.504 e. The van der Waals surface area contributed by atoms with Crippen molar-refractivity contribution in [2.75, 3.05) is 39.4 Å². The van der Waals surface area contributed by atoms with Crippen LogP contribution in [-0.2, 0) is 24.8 Å². The second-order valence-electron chi connectivity index (χ2n) is 6.76. The van der Waals surface area contributed by atoms with Crippen molar-refractivity contribution < 1.29 is 42.0 Å². The van der Waals surface area contributed by atoms with Gasteiger partial charge in [-0.3, -0.25) is 4.90 Å². The number of hydrogen-bond donors (Lipinski definition) is 4. The highest BCUT2D eigenvalue weighted by Gasteiger charge is 2.37. The standard InChI is InChI=1S/C18H22N2O9S2/c21-15-3-1-13(11-17(15)23)30(25,26)20(6-5-19-7-9-29-10-8-19)31(27,28)14-2-4-16(22)18(24)12-14/h1-4,11-12,21-24H,5-10H2. The third-order valence-electron chi connectivity index (χ3n) is 4.73. The highest BCUT2D eigenvalue weighted by molar-refractivity contribution is 8.04. The average molecular weight is 475 g/mol. The maximum atomic E-state index is 13.2. The van der Waals surface area contributed by atoms with Crippen molar-refractivity contribution in [1.82, 2.24) is 8.61 Å². The Morgan fingerprint density at radius 3 is 1.65 bits per heavy atom. The van der Waals surface area contributed by atoms with Gasteiger partial charge >= 0.3 is 0 Å². The van der Waals surface area contributed by atoms with Crippen LogP contribution in [0.5, 0.6) is 23.0 Å². The average Bonchev–Trinajstić information content (AvgIpc) is 2.72. The first-order valence-corrected chi connectivity index (χ1v) is 12.0. The summed E-state index contributed by atoms with van der Waals surface area (Å²) >= 11 is 0. The quantitative estimate of drug-likeness (QED) is 0.408. The molecule has 1 aliphatic rings. The summed E-state index contributed by atoms with van der Waals surface area (Å²) in [6.45, 7) is 1.47. The highest BCUT2D eigenvalue weighted by atomic mass is 32.3. The van der Waals surface area contributed by atoms with E-state index in [1.807, 2.05) is 4.90 Å². The van der Waals surface area contributed by atoms with Gasteiger partial charge in [-0.05, 0) is 24.3 Å². The van der Waals surface area contributed by atoms with Gasteiger partial charge in [-0.15, -0.1) is 0 Å². The van der Waals surface area contributed by atoms with Crippen LogP contribution in [0, 0.1) is 0 Å². The molecule has 1 heterocycles. The Morgan fingerprint density at radius 2 is 1.23 bits per heavy atom. The van der Waals surface area contributed by atoms with E-state index in [9.17, 15) is 37.3 Å². The van der Waals surface area contributed by atoms with Crippen LogP contribution >= 0.6 is 0 Å². The third kappa shape index (κ3) is 4.85. The predicted molar refractivity (Wildman–Crippen MR) is 108 cm³/mol. The lowest BCUT2D eigenvalue weighted by atomic mass is 10.3. The number of nitrogens with zero attached hydrogens (tertiary/aromatic N) is 2. The molecule has 1 saturated heterocycles. The Morgan fingerprint density at radius 1 is 0.774 bits per heavy atom. The minimum Gasteiger partial charge on any atom is -0.504 e. The summed E-state index contributed by atoms with van der Waals surface area (Å²) in [7, 11) is -9.40. The van der Waals surface area contributed by atoms with Gasteiger partial charge in [-0.2, -0.15) is 0 Å². The van der Waals surface area contributed by atoms with Crippen molar-refractivity contribution in [2.45, 2.75) is 9.79 Å². The smallest absolute Gasteiger partial charge is 0.256 e. The van der Waals surface area contributed by atoms with Crippen molar-refractivity contribution >= 4 is 20.0 Å². The lowest BCUT2D eigenvalue weighted by Crippen LogP contribution is -2.45. The van der Waals surface area contributed by atoms with Crippen LogP contribution in [0.3, 0.4) is 0 Å². The van der Waals surface area contributed by atoms with Gasteiger partial charge in [0.05, 0.1) is 23.0 Å². The number of rotatable bonds is 7. The molecule has 4 N–H and O–H groups in total. The van der Waals surface area contributed by atoms with Crippen molar-refractivity contribution in [2.24, 2.45) is 0 Å². The van der Waals surface area contributed by atoms with Crippen molar-refractivity contribution in [3.05, 3.63) is 36.4 Å². The molecule has 0 atom stereocenters. The van der Waals surface area contributed by atoms with E-state index in [1.54, 1.807) is 0 Å². The Labute approximate surface area is 179 Å². The van der Waals surface area contributed by atoms with Crippen LogP contribution in [0.2, 0.25) is 0 Å². The zero-order valence-electron chi connectivity index (χ0n) is 16.2. The van der Waals surface area contributed by atoms with Gasteiger partial charge in [0.15, 0.2) is 23.0 Å². The summed E-state index contributed by atoms with van der Waals surface area (Å²) in [5.41, 5.74) is 0. The molecule has 0 saturated carbocycles. The van der Waals surface area contributed by atoms with Gasteiger partial charge < -0.3 is 25.2 Å². The molecular formula is C18H22N2O9S2. The monoisotopic (exact) mass is 474 g/mol. The predicted octanol–water partition coefficient (Wildman–Crippen LogP) is 0.221. The molecule has 1 aliphatic heterocycles. The van der Waals surface area contributed by atoms with Crippen LogP contribution in [0.15, 0.2) is 46.2 Å². The fourth-order valence-electron chi connectivity index (χ4n) is 2.98. The van der Waals surface area contributed by atoms with Gasteiger partial charge in [-0.25, -0.2) is 16.8 Å². The van der Waals surface area contributed by atoms with E-state index < -0.39 is 59.4 Å². The molecule has 11 nitrogen and oxygen atoms in total. The van der Waals surface area contributed by atoms with Crippen LogP contribution in [0.1, 0.15) is 0 Å². The second-order valence-corrected chi connectivity index (χ2v) is 10.7. The van der Waals surface area contributed by atoms with E-state index >= 15 is 0 Å². The fraction of sp³-hybridized carbons (Fsp3) is 0.333. The van der Waals surface area contributed by atoms with Gasteiger partial charge in [0.25, 0.3) is 20.0 Å². The van der Waals surface area contributed by atoms with E-state index in [4.69, 9.17) is 4.74 Å². The molecule has 0 unspecified atom stereocenters. The number of ether oxygens (including phenoxy) is 1. The number of benzene rings is 2. The molecule has 13 heteroatoms. The molecule has 3 rings (SSSR count). The first-order chi connectivity index (χ1) is 14.5. The van der Waals surface area contributed by atoms with Crippen LogP contribution in [0.25, 0.3) is 0 Å². The van der Waals surface area contributed by atoms with E-state index in [1.165, 1.54) is 0 Å². The first kappa shape index (κ1) is 23.1. The summed E-state index contributed by atoms with van der Waals surface area (Å²) in [6.07, 6.45) is 0. The van der Waals surface area contributed by atoms with E-state index in [-0.39, 0.29) is 10.3 Å². The first-order valence-electron chi connectivity index (χ1n) is 9.15. The summed E-state index contributed by atoms with van der Waals surface area (Å²) < 4.78 is 58.5. The molecule has 2 aromatic rings. The van der Waals surface area contributed by atoms with Crippen molar-refractivity contribution in [3.8, 4) is 23.0 Å². The van der Waals surface area contributed by atoms with Crippen LogP contribution < -0.4 is 0 Å². The maximum absolute atomic E-state index is 13.2. The number of phenolic OH excluding ortho intramolecular Hbond substituents is 4. The van der Waals surface area contributed by atoms with Gasteiger partial charge in [0.2, 0.25) is 0 Å². The van der Waals surface area contributed by atoms with E-state index in [2.05, 4.69) is 0 Å². The lowest BCUT2D eigenvalue weighted by Gasteiger charge is -2.29. The maximum Gasteiger partial charge on any atom is 0.256 e. The molecule has 170 valence electrons. The van der Waals surface area contributed by atoms with Gasteiger partial charge in [0.1, 0.15) is 0 Å². The fourth-order valence-corrected chi connectivity index (χ4v) is 6.65. The van der Waals surface area contributed by atoms with E-state index in [0.717, 1.165) is 36.4 Å². The number of sulfonamides is 2. The summed E-state index contributed by atoms with van der Waals surface area (Å²) in [6, 6.07) is 5.29. The van der Waals surface area contributed by atoms with Gasteiger partial charge in [0, 0.05) is 38.3 Å². The topological polar surface area (TPSA) is 165 Å². The zero-order valence-corrected chi connectivity index (χ0v) is 17.9. The molecule has 0 aliphatic carbocycles. The zero-order chi connectivity index (χ0) is 22.8. The SMILES string of the molecule is O=S(=O)(c1ccc(O)c(O)c1)N(CCN1CCOCC1)S(=O)(=O)c1ccc(O)c(O)c1. The summed E-state index contributed by atoms with van der Waals surface area (Å²) in [5, 5.41) is 38.3.